The zero-order valence-electron chi connectivity index (χ0n) is 8.81. The van der Waals surface area contributed by atoms with E-state index in [2.05, 4.69) is 37.4 Å². The van der Waals surface area contributed by atoms with E-state index in [9.17, 15) is 0 Å². The van der Waals surface area contributed by atoms with E-state index in [1.54, 1.807) is 0 Å². The molecule has 0 fully saturated rings. The van der Waals surface area contributed by atoms with Gasteiger partial charge < -0.3 is 0 Å². The highest BCUT2D eigenvalue weighted by Gasteiger charge is 2.09. The number of benzene rings is 3. The van der Waals surface area contributed by atoms with Gasteiger partial charge in [0.2, 0.25) is 0 Å². The molecule has 0 amide bonds. The van der Waals surface area contributed by atoms with Crippen LogP contribution in [0, 0.1) is 0 Å². The first-order valence-electron chi connectivity index (χ1n) is 5.20. The maximum atomic E-state index is 6.04. The number of hydrogen-bond donors (Lipinski definition) is 2. The van der Waals surface area contributed by atoms with Crippen molar-refractivity contribution in [3.8, 4) is 0 Å². The van der Waals surface area contributed by atoms with Gasteiger partial charge in [-0.2, -0.15) is 0 Å². The van der Waals surface area contributed by atoms with Gasteiger partial charge in [-0.05, 0) is 33.7 Å². The second kappa shape index (κ2) is 4.13. The average molecular weight is 277 g/mol. The molecule has 0 aromatic heterocycles. The zero-order chi connectivity index (χ0) is 12.0. The summed E-state index contributed by atoms with van der Waals surface area (Å²) in [6, 6.07) is 14.1. The number of halogens is 1. The van der Waals surface area contributed by atoms with Crippen molar-refractivity contribution in [3.05, 3.63) is 47.5 Å². The fourth-order valence-corrected chi connectivity index (χ4v) is 2.92. The van der Waals surface area contributed by atoms with E-state index in [0.717, 1.165) is 31.0 Å². The van der Waals surface area contributed by atoms with E-state index in [1.807, 2.05) is 30.3 Å². The first kappa shape index (κ1) is 11.3. The van der Waals surface area contributed by atoms with Crippen LogP contribution in [0.1, 0.15) is 0 Å². The minimum Gasteiger partial charge on any atom is -0.142 e. The lowest BCUT2D eigenvalue weighted by Gasteiger charge is -2.10. The number of fused-ring (bicyclic) bond motifs is 3. The Bertz CT molecular complexity index is 735. The van der Waals surface area contributed by atoms with Gasteiger partial charge in [-0.25, -0.2) is 0 Å². The van der Waals surface area contributed by atoms with E-state index >= 15 is 0 Å². The Morgan fingerprint density at radius 1 is 0.706 bits per heavy atom. The highest BCUT2D eigenvalue weighted by Crippen LogP contribution is 2.37. The molecule has 0 nitrogen and oxygen atoms in total. The van der Waals surface area contributed by atoms with Crippen molar-refractivity contribution in [1.29, 1.82) is 0 Å². The summed E-state index contributed by atoms with van der Waals surface area (Å²) in [5.74, 6) is 0. The van der Waals surface area contributed by atoms with Crippen LogP contribution in [0.15, 0.2) is 52.3 Å². The lowest BCUT2D eigenvalue weighted by atomic mass is 10.0. The van der Waals surface area contributed by atoms with E-state index in [-0.39, 0.29) is 0 Å². The van der Waals surface area contributed by atoms with Crippen molar-refractivity contribution < 1.29 is 0 Å². The van der Waals surface area contributed by atoms with Gasteiger partial charge in [-0.15, -0.1) is 25.3 Å². The third-order valence-corrected chi connectivity index (χ3v) is 4.27. The fourth-order valence-electron chi connectivity index (χ4n) is 2.13. The summed E-state index contributed by atoms with van der Waals surface area (Å²) in [7, 11) is 0. The molecule has 0 aliphatic carbocycles. The van der Waals surface area contributed by atoms with Crippen LogP contribution in [0.4, 0.5) is 0 Å². The largest absolute Gasteiger partial charge is 0.142 e. The fraction of sp³-hybridized carbons (Fsp3) is 0. The Labute approximate surface area is 115 Å². The predicted octanol–water partition coefficient (Wildman–Crippen LogP) is 5.22. The Balaban J connectivity index is 2.65. The van der Waals surface area contributed by atoms with Gasteiger partial charge >= 0.3 is 0 Å². The highest BCUT2D eigenvalue weighted by atomic mass is 35.5. The first-order chi connectivity index (χ1) is 8.18. The summed E-state index contributed by atoms with van der Waals surface area (Å²) < 4.78 is 0. The standard InChI is InChI=1S/C14H9ClS2/c15-8-5-6-10-9-3-1-2-4-11(9)13(16)14(17)12(10)7-8/h1-7,16-17H. The Hall–Kier alpha value is -0.830. The summed E-state index contributed by atoms with van der Waals surface area (Å²) >= 11 is 15.1. The zero-order valence-corrected chi connectivity index (χ0v) is 11.4. The van der Waals surface area contributed by atoms with Crippen molar-refractivity contribution in [2.24, 2.45) is 0 Å². The van der Waals surface area contributed by atoms with Crippen molar-refractivity contribution in [3.63, 3.8) is 0 Å². The van der Waals surface area contributed by atoms with Gasteiger partial charge in [0, 0.05) is 14.8 Å². The van der Waals surface area contributed by atoms with Crippen LogP contribution < -0.4 is 0 Å². The predicted molar refractivity (Wildman–Crippen MR) is 81.0 cm³/mol. The van der Waals surface area contributed by atoms with Gasteiger partial charge in [-0.1, -0.05) is 41.9 Å². The molecule has 0 saturated heterocycles. The maximum absolute atomic E-state index is 6.04. The van der Waals surface area contributed by atoms with E-state index in [1.165, 1.54) is 5.39 Å². The smallest absolute Gasteiger partial charge is 0.0412 e. The Morgan fingerprint density at radius 2 is 1.29 bits per heavy atom. The molecule has 3 rings (SSSR count). The lowest BCUT2D eigenvalue weighted by Crippen LogP contribution is -1.83. The van der Waals surface area contributed by atoms with Crippen LogP contribution in [0.25, 0.3) is 21.5 Å². The molecule has 3 aromatic carbocycles. The number of hydrogen-bond acceptors (Lipinski definition) is 2. The SMILES string of the molecule is Sc1c(S)c2cc(Cl)ccc2c2ccccc12. The molecular weight excluding hydrogens is 268 g/mol. The maximum Gasteiger partial charge on any atom is 0.0412 e. The third kappa shape index (κ3) is 1.71. The quantitative estimate of drug-likeness (QED) is 0.408. The molecule has 0 N–H and O–H groups in total. The summed E-state index contributed by atoms with van der Waals surface area (Å²) in [4.78, 5) is 1.78. The second-order valence-corrected chi connectivity index (χ2v) is 5.26. The van der Waals surface area contributed by atoms with E-state index in [0.29, 0.717) is 0 Å². The summed E-state index contributed by atoms with van der Waals surface area (Å²) in [6.45, 7) is 0. The van der Waals surface area contributed by atoms with E-state index in [4.69, 9.17) is 11.6 Å². The highest BCUT2D eigenvalue weighted by molar-refractivity contribution is 7.84. The second-order valence-electron chi connectivity index (χ2n) is 3.93. The van der Waals surface area contributed by atoms with Crippen molar-refractivity contribution >= 4 is 58.4 Å². The average Bonchev–Trinajstić information content (AvgIpc) is 2.36. The molecule has 0 spiro atoms. The van der Waals surface area contributed by atoms with Crippen LogP contribution in [0.5, 0.6) is 0 Å². The molecular formula is C14H9ClS2. The molecule has 3 aromatic rings. The molecule has 0 aliphatic heterocycles. The molecule has 0 saturated carbocycles. The molecule has 0 unspecified atom stereocenters. The number of rotatable bonds is 0. The summed E-state index contributed by atoms with van der Waals surface area (Å²) in [5, 5.41) is 5.23. The first-order valence-corrected chi connectivity index (χ1v) is 6.47. The van der Waals surface area contributed by atoms with Gasteiger partial charge in [0.25, 0.3) is 0 Å². The molecule has 3 heteroatoms. The lowest BCUT2D eigenvalue weighted by molar-refractivity contribution is 1.38. The van der Waals surface area contributed by atoms with Crippen molar-refractivity contribution in [2.75, 3.05) is 0 Å². The molecule has 0 radical (unpaired) electrons. The van der Waals surface area contributed by atoms with Gasteiger partial charge in [0.15, 0.2) is 0 Å². The minimum absolute atomic E-state index is 0.718. The molecule has 0 heterocycles. The van der Waals surface area contributed by atoms with Crippen LogP contribution in [0.2, 0.25) is 5.02 Å². The molecule has 84 valence electrons. The van der Waals surface area contributed by atoms with Crippen LogP contribution in [-0.4, -0.2) is 0 Å². The summed E-state index contributed by atoms with van der Waals surface area (Å²) in [5.41, 5.74) is 0. The topological polar surface area (TPSA) is 0 Å². The van der Waals surface area contributed by atoms with Crippen LogP contribution >= 0.6 is 36.9 Å². The van der Waals surface area contributed by atoms with Crippen molar-refractivity contribution in [1.82, 2.24) is 0 Å². The van der Waals surface area contributed by atoms with Crippen LogP contribution in [0.3, 0.4) is 0 Å². The monoisotopic (exact) mass is 276 g/mol. The molecule has 0 aliphatic rings. The van der Waals surface area contributed by atoms with Gasteiger partial charge in [-0.3, -0.25) is 0 Å². The Morgan fingerprint density at radius 3 is 2.06 bits per heavy atom. The number of thiol groups is 2. The van der Waals surface area contributed by atoms with Gasteiger partial charge in [0.05, 0.1) is 0 Å². The van der Waals surface area contributed by atoms with Crippen molar-refractivity contribution in [2.45, 2.75) is 9.79 Å². The molecule has 17 heavy (non-hydrogen) atoms. The summed E-state index contributed by atoms with van der Waals surface area (Å²) in [6.07, 6.45) is 0. The van der Waals surface area contributed by atoms with Gasteiger partial charge in [0.1, 0.15) is 0 Å². The Kier molecular flexibility index (Phi) is 2.74. The normalized spacial score (nSPS) is 11.2. The minimum atomic E-state index is 0.718. The molecule has 0 atom stereocenters. The van der Waals surface area contributed by atoms with Crippen LogP contribution in [-0.2, 0) is 0 Å². The molecule has 0 bridgehead atoms. The van der Waals surface area contributed by atoms with E-state index < -0.39 is 0 Å². The third-order valence-electron chi connectivity index (χ3n) is 2.93.